The summed E-state index contributed by atoms with van der Waals surface area (Å²) in [4.78, 5) is 4.12. The monoisotopic (exact) mass is 194 g/mol. The minimum atomic E-state index is 0.0550. The SMILES string of the molecule is N#CC(C#N)=Cc1ncn2ccccc12. The molecule has 0 saturated heterocycles. The molecule has 0 aliphatic heterocycles. The van der Waals surface area contributed by atoms with Crippen molar-refractivity contribution in [1.29, 1.82) is 10.5 Å². The van der Waals surface area contributed by atoms with Crippen LogP contribution in [0.1, 0.15) is 5.69 Å². The smallest absolute Gasteiger partial charge is 0.131 e. The lowest BCUT2D eigenvalue weighted by molar-refractivity contribution is 1.15. The molecule has 0 aliphatic carbocycles. The Morgan fingerprint density at radius 2 is 2.13 bits per heavy atom. The Morgan fingerprint density at radius 3 is 2.87 bits per heavy atom. The van der Waals surface area contributed by atoms with Gasteiger partial charge in [-0.2, -0.15) is 10.5 Å². The molecule has 2 rings (SSSR count). The summed E-state index contributed by atoms with van der Waals surface area (Å²) >= 11 is 0. The van der Waals surface area contributed by atoms with Crippen molar-refractivity contribution in [3.05, 3.63) is 42.0 Å². The van der Waals surface area contributed by atoms with Crippen LogP contribution in [0.2, 0.25) is 0 Å². The van der Waals surface area contributed by atoms with Crippen LogP contribution < -0.4 is 0 Å². The van der Waals surface area contributed by atoms with E-state index in [9.17, 15) is 0 Å². The van der Waals surface area contributed by atoms with E-state index in [4.69, 9.17) is 10.5 Å². The highest BCUT2D eigenvalue weighted by Crippen LogP contribution is 2.12. The van der Waals surface area contributed by atoms with Gasteiger partial charge in [0.2, 0.25) is 0 Å². The number of pyridine rings is 1. The molecule has 0 amide bonds. The van der Waals surface area contributed by atoms with Crippen molar-refractivity contribution in [2.45, 2.75) is 0 Å². The van der Waals surface area contributed by atoms with Crippen molar-refractivity contribution in [3.8, 4) is 12.1 Å². The summed E-state index contributed by atoms with van der Waals surface area (Å²) in [6.07, 6.45) is 4.99. The van der Waals surface area contributed by atoms with E-state index in [2.05, 4.69) is 4.98 Å². The average Bonchev–Trinajstić information content (AvgIpc) is 2.69. The highest BCUT2D eigenvalue weighted by atomic mass is 15.0. The summed E-state index contributed by atoms with van der Waals surface area (Å²) in [6.45, 7) is 0. The molecule has 0 aromatic carbocycles. The van der Waals surface area contributed by atoms with E-state index in [1.807, 2.05) is 28.8 Å². The third-order valence-electron chi connectivity index (χ3n) is 2.00. The molecule has 0 fully saturated rings. The molecule has 15 heavy (non-hydrogen) atoms. The zero-order valence-electron chi connectivity index (χ0n) is 7.75. The maximum absolute atomic E-state index is 8.62. The van der Waals surface area contributed by atoms with Gasteiger partial charge in [-0.05, 0) is 18.2 Å². The first kappa shape index (κ1) is 8.98. The predicted molar refractivity (Wildman–Crippen MR) is 54.4 cm³/mol. The Balaban J connectivity index is 2.61. The molecule has 0 saturated carbocycles. The number of rotatable bonds is 1. The average molecular weight is 194 g/mol. The molecule has 0 spiro atoms. The Morgan fingerprint density at radius 1 is 1.33 bits per heavy atom. The summed E-state index contributed by atoms with van der Waals surface area (Å²) in [6, 6.07) is 9.26. The number of allylic oxidation sites excluding steroid dienone is 1. The molecular weight excluding hydrogens is 188 g/mol. The molecule has 2 aromatic rings. The molecule has 2 heterocycles. The van der Waals surface area contributed by atoms with Crippen molar-refractivity contribution in [2.24, 2.45) is 0 Å². The number of nitrogens with zero attached hydrogens (tertiary/aromatic N) is 4. The van der Waals surface area contributed by atoms with Crippen LogP contribution in [0, 0.1) is 22.7 Å². The molecule has 4 nitrogen and oxygen atoms in total. The van der Waals surface area contributed by atoms with Crippen molar-refractivity contribution < 1.29 is 0 Å². The summed E-state index contributed by atoms with van der Waals surface area (Å²) in [7, 11) is 0. The molecule has 70 valence electrons. The quantitative estimate of drug-likeness (QED) is 0.650. The maximum atomic E-state index is 8.62. The van der Waals surface area contributed by atoms with Crippen LogP contribution in [0.3, 0.4) is 0 Å². The topological polar surface area (TPSA) is 64.9 Å². The summed E-state index contributed by atoms with van der Waals surface area (Å²) in [5.74, 6) is 0. The fraction of sp³-hybridized carbons (Fsp3) is 0. The molecule has 4 heteroatoms. The van der Waals surface area contributed by atoms with Gasteiger partial charge in [0.05, 0.1) is 17.5 Å². The van der Waals surface area contributed by atoms with Gasteiger partial charge >= 0.3 is 0 Å². The standard InChI is InChI=1S/C11H6N4/c12-6-9(7-13)5-10-11-3-1-2-4-15(11)8-14-10/h1-5,8H. The number of hydrogen-bond acceptors (Lipinski definition) is 3. The Kier molecular flexibility index (Phi) is 2.19. The van der Waals surface area contributed by atoms with E-state index in [-0.39, 0.29) is 5.57 Å². The van der Waals surface area contributed by atoms with Gasteiger partial charge in [0.25, 0.3) is 0 Å². The van der Waals surface area contributed by atoms with Gasteiger partial charge in [-0.1, -0.05) is 6.07 Å². The van der Waals surface area contributed by atoms with Crippen molar-refractivity contribution in [3.63, 3.8) is 0 Å². The number of fused-ring (bicyclic) bond motifs is 1. The molecule has 0 aliphatic rings. The van der Waals surface area contributed by atoms with Crippen LogP contribution in [-0.4, -0.2) is 9.38 Å². The van der Waals surface area contributed by atoms with E-state index in [0.717, 1.165) is 5.52 Å². The minimum absolute atomic E-state index is 0.0550. The van der Waals surface area contributed by atoms with E-state index >= 15 is 0 Å². The third kappa shape index (κ3) is 1.56. The van der Waals surface area contributed by atoms with Crippen LogP contribution in [-0.2, 0) is 0 Å². The van der Waals surface area contributed by atoms with Crippen molar-refractivity contribution >= 4 is 11.6 Å². The first-order valence-corrected chi connectivity index (χ1v) is 4.29. The molecule has 0 bridgehead atoms. The van der Waals surface area contributed by atoms with E-state index in [0.29, 0.717) is 5.69 Å². The van der Waals surface area contributed by atoms with Crippen molar-refractivity contribution in [2.75, 3.05) is 0 Å². The van der Waals surface area contributed by atoms with E-state index < -0.39 is 0 Å². The van der Waals surface area contributed by atoms with Gasteiger partial charge in [0, 0.05) is 6.20 Å². The third-order valence-corrected chi connectivity index (χ3v) is 2.00. The first-order valence-electron chi connectivity index (χ1n) is 4.29. The largest absolute Gasteiger partial charge is 0.306 e. The second-order valence-corrected chi connectivity index (χ2v) is 2.90. The van der Waals surface area contributed by atoms with Crippen LogP contribution in [0.15, 0.2) is 36.3 Å². The van der Waals surface area contributed by atoms with Crippen LogP contribution in [0.5, 0.6) is 0 Å². The van der Waals surface area contributed by atoms with Crippen LogP contribution in [0.25, 0.3) is 11.6 Å². The second-order valence-electron chi connectivity index (χ2n) is 2.90. The lowest BCUT2D eigenvalue weighted by atomic mass is 10.2. The fourth-order valence-electron chi connectivity index (χ4n) is 1.30. The highest BCUT2D eigenvalue weighted by molar-refractivity contribution is 5.71. The van der Waals surface area contributed by atoms with Gasteiger partial charge in [-0.25, -0.2) is 4.98 Å². The summed E-state index contributed by atoms with van der Waals surface area (Å²) < 4.78 is 1.83. The number of hydrogen-bond donors (Lipinski definition) is 0. The summed E-state index contributed by atoms with van der Waals surface area (Å²) in [5, 5.41) is 17.2. The zero-order valence-corrected chi connectivity index (χ0v) is 7.75. The van der Waals surface area contributed by atoms with E-state index in [1.165, 1.54) is 6.08 Å². The second kappa shape index (κ2) is 3.65. The lowest BCUT2D eigenvalue weighted by Crippen LogP contribution is -1.80. The van der Waals surface area contributed by atoms with Crippen molar-refractivity contribution in [1.82, 2.24) is 9.38 Å². The zero-order chi connectivity index (χ0) is 10.7. The molecule has 0 unspecified atom stereocenters. The Labute approximate surface area is 86.3 Å². The molecule has 0 atom stereocenters. The van der Waals surface area contributed by atoms with Crippen LogP contribution >= 0.6 is 0 Å². The Bertz CT molecular complexity index is 591. The molecule has 2 aromatic heterocycles. The lowest BCUT2D eigenvalue weighted by Gasteiger charge is -1.91. The maximum Gasteiger partial charge on any atom is 0.131 e. The van der Waals surface area contributed by atoms with Gasteiger partial charge in [0.1, 0.15) is 17.7 Å². The van der Waals surface area contributed by atoms with Gasteiger partial charge < -0.3 is 4.40 Å². The van der Waals surface area contributed by atoms with Gasteiger partial charge in [-0.3, -0.25) is 0 Å². The summed E-state index contributed by atoms with van der Waals surface area (Å²) in [5.41, 5.74) is 1.56. The van der Waals surface area contributed by atoms with Gasteiger partial charge in [0.15, 0.2) is 0 Å². The van der Waals surface area contributed by atoms with Gasteiger partial charge in [-0.15, -0.1) is 0 Å². The molecular formula is C11H6N4. The normalized spacial score (nSPS) is 9.20. The number of aromatic nitrogens is 2. The number of nitriles is 2. The number of imidazole rings is 1. The Hall–Kier alpha value is -2.59. The predicted octanol–water partition coefficient (Wildman–Crippen LogP) is 1.76. The van der Waals surface area contributed by atoms with Crippen LogP contribution in [0.4, 0.5) is 0 Å². The highest BCUT2D eigenvalue weighted by Gasteiger charge is 2.01. The minimum Gasteiger partial charge on any atom is -0.306 e. The van der Waals surface area contributed by atoms with E-state index in [1.54, 1.807) is 18.5 Å². The fourth-order valence-corrected chi connectivity index (χ4v) is 1.30. The molecule has 0 radical (unpaired) electrons. The molecule has 0 N–H and O–H groups in total. The first-order chi connectivity index (χ1) is 7.35.